The number of aromatic nitrogens is 4. The van der Waals surface area contributed by atoms with Crippen LogP contribution in [0.4, 0.5) is 0 Å². The molecule has 0 unspecified atom stereocenters. The Hall–Kier alpha value is -6.43. The van der Waals surface area contributed by atoms with Crippen molar-refractivity contribution < 1.29 is 0 Å². The first-order chi connectivity index (χ1) is 27.0. The molecule has 0 aliphatic heterocycles. The molecule has 3 aromatic heterocycles. The lowest BCUT2D eigenvalue weighted by atomic mass is 9.82. The molecule has 0 amide bonds. The third-order valence-corrected chi connectivity index (χ3v) is 12.8. The van der Waals surface area contributed by atoms with Gasteiger partial charge in [-0.25, -0.2) is 15.0 Å². The second-order valence-corrected chi connectivity index (χ2v) is 16.2. The van der Waals surface area contributed by atoms with Crippen LogP contribution in [0.15, 0.2) is 152 Å². The van der Waals surface area contributed by atoms with Gasteiger partial charge < -0.3 is 4.57 Å². The third-order valence-electron chi connectivity index (χ3n) is 11.6. The normalized spacial score (nSPS) is 13.2. The number of aryl methyl sites for hydroxylation is 1. The van der Waals surface area contributed by atoms with Crippen LogP contribution < -0.4 is 0 Å². The van der Waals surface area contributed by atoms with E-state index in [0.717, 1.165) is 40.2 Å². The van der Waals surface area contributed by atoms with Crippen LogP contribution in [0.1, 0.15) is 37.7 Å². The van der Waals surface area contributed by atoms with E-state index in [9.17, 15) is 0 Å². The van der Waals surface area contributed by atoms with Crippen molar-refractivity contribution in [2.24, 2.45) is 0 Å². The molecule has 1 aliphatic carbocycles. The lowest BCUT2D eigenvalue weighted by Crippen LogP contribution is -2.14. The van der Waals surface area contributed by atoms with Gasteiger partial charge in [0.2, 0.25) is 0 Å². The van der Waals surface area contributed by atoms with Gasteiger partial charge >= 0.3 is 0 Å². The Morgan fingerprint density at radius 1 is 0.509 bits per heavy atom. The average molecular weight is 725 g/mol. The van der Waals surface area contributed by atoms with Crippen molar-refractivity contribution in [2.75, 3.05) is 0 Å². The maximum atomic E-state index is 5.11. The summed E-state index contributed by atoms with van der Waals surface area (Å²) in [5, 5.41) is 5.02. The molecule has 0 saturated heterocycles. The van der Waals surface area contributed by atoms with Crippen LogP contribution in [-0.2, 0) is 11.8 Å². The lowest BCUT2D eigenvalue weighted by molar-refractivity contribution is 0.661. The molecule has 3 heterocycles. The van der Waals surface area contributed by atoms with Gasteiger partial charge in [-0.3, -0.25) is 0 Å². The van der Waals surface area contributed by atoms with E-state index in [1.54, 1.807) is 11.3 Å². The molecule has 55 heavy (non-hydrogen) atoms. The van der Waals surface area contributed by atoms with Crippen molar-refractivity contribution in [2.45, 2.75) is 32.6 Å². The number of hydrogen-bond donors (Lipinski definition) is 0. The van der Waals surface area contributed by atoms with Crippen molar-refractivity contribution in [3.63, 3.8) is 0 Å². The number of para-hydroxylation sites is 1. The molecule has 0 bridgehead atoms. The van der Waals surface area contributed by atoms with Crippen molar-refractivity contribution in [3.05, 3.63) is 169 Å². The molecule has 10 aromatic rings. The number of rotatable bonds is 5. The van der Waals surface area contributed by atoms with Gasteiger partial charge in [0.25, 0.3) is 0 Å². The van der Waals surface area contributed by atoms with Gasteiger partial charge in [0.05, 0.1) is 11.0 Å². The molecule has 0 radical (unpaired) electrons. The summed E-state index contributed by atoms with van der Waals surface area (Å²) in [4.78, 5) is 15.0. The molecule has 0 fully saturated rings. The highest BCUT2D eigenvalue weighted by Crippen LogP contribution is 2.51. The summed E-state index contributed by atoms with van der Waals surface area (Å²) in [7, 11) is 0. The predicted molar refractivity (Wildman–Crippen MR) is 230 cm³/mol. The first-order valence-electron chi connectivity index (χ1n) is 19.0. The summed E-state index contributed by atoms with van der Waals surface area (Å²) >= 11 is 1.81. The largest absolute Gasteiger partial charge is 0.309 e. The Balaban J connectivity index is 1.08. The smallest absolute Gasteiger partial charge is 0.165 e. The second-order valence-electron chi connectivity index (χ2n) is 15.1. The highest BCUT2D eigenvalue weighted by atomic mass is 32.1. The van der Waals surface area contributed by atoms with E-state index in [-0.39, 0.29) is 5.41 Å². The van der Waals surface area contributed by atoms with Gasteiger partial charge in [0.15, 0.2) is 11.6 Å². The van der Waals surface area contributed by atoms with Gasteiger partial charge in [-0.15, -0.1) is 11.3 Å². The SMILES string of the molecule is CCc1nc(-c2ccccc2)nc(-c2cc(-c3ccc(-n4c5ccccc5c5cc6c(cc54)C(C)(C)c4ccccc4-6)cc3)cc3c2sc2ccccc23)n1. The summed E-state index contributed by atoms with van der Waals surface area (Å²) in [5.74, 6) is 2.20. The summed E-state index contributed by atoms with van der Waals surface area (Å²) in [6.45, 7) is 6.82. The first kappa shape index (κ1) is 32.0. The van der Waals surface area contributed by atoms with Gasteiger partial charge in [0, 0.05) is 59.6 Å². The number of thiophene rings is 1. The fourth-order valence-electron chi connectivity index (χ4n) is 8.82. The van der Waals surface area contributed by atoms with Crippen LogP contribution in [0.2, 0.25) is 0 Å². The number of fused-ring (bicyclic) bond motifs is 9. The van der Waals surface area contributed by atoms with Crippen LogP contribution in [0.3, 0.4) is 0 Å². The third kappa shape index (κ3) is 4.86. The Morgan fingerprint density at radius 3 is 2.07 bits per heavy atom. The molecule has 0 N–H and O–H groups in total. The molecule has 7 aromatic carbocycles. The summed E-state index contributed by atoms with van der Waals surface area (Å²) in [6, 6.07) is 55.2. The number of benzene rings is 7. The van der Waals surface area contributed by atoms with E-state index in [0.29, 0.717) is 11.6 Å². The van der Waals surface area contributed by atoms with Crippen molar-refractivity contribution in [1.29, 1.82) is 0 Å². The molecule has 262 valence electrons. The Bertz CT molecular complexity index is 3150. The number of hydrogen-bond acceptors (Lipinski definition) is 4. The predicted octanol–water partition coefficient (Wildman–Crippen LogP) is 13.2. The Morgan fingerprint density at radius 2 is 1.24 bits per heavy atom. The molecular weight excluding hydrogens is 689 g/mol. The monoisotopic (exact) mass is 724 g/mol. The van der Waals surface area contributed by atoms with Crippen molar-refractivity contribution in [1.82, 2.24) is 19.5 Å². The van der Waals surface area contributed by atoms with E-state index in [1.807, 2.05) is 18.2 Å². The van der Waals surface area contributed by atoms with E-state index in [4.69, 9.17) is 15.0 Å². The van der Waals surface area contributed by atoms with Gasteiger partial charge in [-0.05, 0) is 81.9 Å². The average Bonchev–Trinajstić information content (AvgIpc) is 3.85. The molecule has 5 heteroatoms. The fourth-order valence-corrected chi connectivity index (χ4v) is 10.0. The summed E-state index contributed by atoms with van der Waals surface area (Å²) in [5.41, 5.74) is 13.3. The van der Waals surface area contributed by atoms with Gasteiger partial charge in [-0.2, -0.15) is 0 Å². The van der Waals surface area contributed by atoms with Crippen LogP contribution in [0.25, 0.3) is 92.7 Å². The zero-order chi connectivity index (χ0) is 36.8. The zero-order valence-electron chi connectivity index (χ0n) is 30.8. The maximum Gasteiger partial charge on any atom is 0.165 e. The van der Waals surface area contributed by atoms with Crippen LogP contribution in [0, 0.1) is 0 Å². The first-order valence-corrected chi connectivity index (χ1v) is 19.8. The molecule has 4 nitrogen and oxygen atoms in total. The maximum absolute atomic E-state index is 5.11. The van der Waals surface area contributed by atoms with Gasteiger partial charge in [0.1, 0.15) is 5.82 Å². The van der Waals surface area contributed by atoms with E-state index in [2.05, 4.69) is 159 Å². The quantitative estimate of drug-likeness (QED) is 0.177. The topological polar surface area (TPSA) is 43.6 Å². The zero-order valence-corrected chi connectivity index (χ0v) is 31.7. The molecule has 11 rings (SSSR count). The highest BCUT2D eigenvalue weighted by Gasteiger charge is 2.36. The van der Waals surface area contributed by atoms with Gasteiger partial charge in [-0.1, -0.05) is 124 Å². The lowest BCUT2D eigenvalue weighted by Gasteiger charge is -2.21. The minimum atomic E-state index is -0.0777. The summed E-state index contributed by atoms with van der Waals surface area (Å²) in [6.07, 6.45) is 0.724. The van der Waals surface area contributed by atoms with Crippen molar-refractivity contribution >= 4 is 53.3 Å². The second kappa shape index (κ2) is 12.0. The Labute approximate surface area is 323 Å². The molecule has 0 saturated carbocycles. The van der Waals surface area contributed by atoms with E-state index < -0.39 is 0 Å². The van der Waals surface area contributed by atoms with E-state index in [1.165, 1.54) is 64.2 Å². The van der Waals surface area contributed by atoms with Crippen LogP contribution in [0.5, 0.6) is 0 Å². The number of nitrogens with zero attached hydrogens (tertiary/aromatic N) is 4. The highest BCUT2D eigenvalue weighted by molar-refractivity contribution is 7.26. The fraction of sp³-hybridized carbons (Fsp3) is 0.100. The van der Waals surface area contributed by atoms with Crippen LogP contribution >= 0.6 is 11.3 Å². The molecule has 0 atom stereocenters. The molecule has 1 aliphatic rings. The molecular formula is C50H36N4S. The summed E-state index contributed by atoms with van der Waals surface area (Å²) < 4.78 is 4.89. The standard InChI is InChI=1S/C50H36N4S/c1-4-46-51-48(31-14-6-5-7-15-31)53-49(52-46)40-27-32(26-39-36-18-10-13-21-45(36)55-47(39)40)30-22-24-33(25-23-30)54-43-20-12-9-17-35(43)38-28-37-34-16-8-11-19-41(34)50(2,3)42(37)29-44(38)54/h5-29H,4H2,1-3H3. The van der Waals surface area contributed by atoms with Crippen LogP contribution in [-0.4, -0.2) is 19.5 Å². The molecule has 0 spiro atoms. The van der Waals surface area contributed by atoms with E-state index >= 15 is 0 Å². The Kier molecular flexibility index (Phi) is 7.01. The minimum absolute atomic E-state index is 0.0777. The van der Waals surface area contributed by atoms with Crippen molar-refractivity contribution in [3.8, 4) is 50.7 Å². The minimum Gasteiger partial charge on any atom is -0.309 e.